The summed E-state index contributed by atoms with van der Waals surface area (Å²) in [6.45, 7) is 2.21. The summed E-state index contributed by atoms with van der Waals surface area (Å²) in [5, 5.41) is 11.4. The van der Waals surface area contributed by atoms with Gasteiger partial charge in [0.25, 0.3) is 0 Å². The van der Waals surface area contributed by atoms with Crippen molar-refractivity contribution in [1.29, 1.82) is 0 Å². The first-order valence-electron chi connectivity index (χ1n) is 5.09. The number of nitrogens with one attached hydrogen (secondary N) is 1. The first kappa shape index (κ1) is 15.8. The molecule has 1 aliphatic heterocycles. The zero-order valence-corrected chi connectivity index (χ0v) is 12.7. The van der Waals surface area contributed by atoms with Crippen molar-refractivity contribution in [1.82, 2.24) is 15.5 Å². The molecule has 0 radical (unpaired) electrons. The van der Waals surface area contributed by atoms with Crippen LogP contribution in [0.15, 0.2) is 18.3 Å². The van der Waals surface area contributed by atoms with Gasteiger partial charge in [0.05, 0.1) is 0 Å². The molecule has 6 heteroatoms. The minimum Gasteiger partial charge on any atom is -0.355 e. The van der Waals surface area contributed by atoms with Crippen LogP contribution >= 0.6 is 34.0 Å². The first-order valence-corrected chi connectivity index (χ1v) is 5.09. The van der Waals surface area contributed by atoms with Crippen molar-refractivity contribution < 1.29 is 0 Å². The van der Waals surface area contributed by atoms with Crippen LogP contribution < -0.4 is 10.2 Å². The standard InChI is InChI=1S/C10H16N4.2BrH/c1-14(9-4-7-11-8-5-9)10-3-2-6-12-13-10;;/h2-3,6,9,11H,4-5,7-8H2,1H3;2*1H. The van der Waals surface area contributed by atoms with Gasteiger partial charge in [0.1, 0.15) is 0 Å². The van der Waals surface area contributed by atoms with Crippen molar-refractivity contribution in [2.24, 2.45) is 0 Å². The molecule has 1 aliphatic rings. The fraction of sp³-hybridized carbons (Fsp3) is 0.600. The molecule has 1 aromatic rings. The van der Waals surface area contributed by atoms with E-state index in [1.54, 1.807) is 6.20 Å². The van der Waals surface area contributed by atoms with E-state index < -0.39 is 0 Å². The molecule has 1 aromatic heterocycles. The van der Waals surface area contributed by atoms with Gasteiger partial charge in [0.2, 0.25) is 0 Å². The fourth-order valence-electron chi connectivity index (χ4n) is 1.86. The fourth-order valence-corrected chi connectivity index (χ4v) is 1.86. The summed E-state index contributed by atoms with van der Waals surface area (Å²) in [4.78, 5) is 2.23. The zero-order valence-electron chi connectivity index (χ0n) is 9.30. The number of halogens is 2. The van der Waals surface area contributed by atoms with Crippen molar-refractivity contribution in [3.05, 3.63) is 18.3 Å². The van der Waals surface area contributed by atoms with E-state index in [4.69, 9.17) is 0 Å². The topological polar surface area (TPSA) is 41.1 Å². The Morgan fingerprint density at radius 1 is 1.31 bits per heavy atom. The van der Waals surface area contributed by atoms with Crippen LogP contribution in [0.2, 0.25) is 0 Å². The molecule has 0 aliphatic carbocycles. The van der Waals surface area contributed by atoms with Gasteiger partial charge in [-0.3, -0.25) is 0 Å². The van der Waals surface area contributed by atoms with Crippen LogP contribution in [0.5, 0.6) is 0 Å². The van der Waals surface area contributed by atoms with Crippen LogP contribution in [0, 0.1) is 0 Å². The second kappa shape index (κ2) is 7.97. The third-order valence-corrected chi connectivity index (χ3v) is 2.78. The monoisotopic (exact) mass is 352 g/mol. The zero-order chi connectivity index (χ0) is 9.80. The van der Waals surface area contributed by atoms with E-state index in [0.717, 1.165) is 18.9 Å². The summed E-state index contributed by atoms with van der Waals surface area (Å²) < 4.78 is 0. The van der Waals surface area contributed by atoms with Crippen LogP contribution in [0.1, 0.15) is 12.8 Å². The summed E-state index contributed by atoms with van der Waals surface area (Å²) in [6, 6.07) is 4.54. The maximum Gasteiger partial charge on any atom is 0.151 e. The molecule has 2 heterocycles. The number of rotatable bonds is 2. The van der Waals surface area contributed by atoms with Crippen LogP contribution in [-0.4, -0.2) is 36.4 Å². The van der Waals surface area contributed by atoms with Crippen LogP contribution in [0.4, 0.5) is 5.82 Å². The smallest absolute Gasteiger partial charge is 0.151 e. The number of aromatic nitrogens is 2. The lowest BCUT2D eigenvalue weighted by Gasteiger charge is -2.31. The van der Waals surface area contributed by atoms with Crippen molar-refractivity contribution in [2.75, 3.05) is 25.0 Å². The van der Waals surface area contributed by atoms with Crippen LogP contribution in [-0.2, 0) is 0 Å². The number of hydrogen-bond acceptors (Lipinski definition) is 4. The number of hydrogen-bond donors (Lipinski definition) is 1. The Balaban J connectivity index is 0.00000112. The first-order chi connectivity index (χ1) is 6.88. The molecule has 92 valence electrons. The van der Waals surface area contributed by atoms with Gasteiger partial charge in [-0.25, -0.2) is 0 Å². The van der Waals surface area contributed by atoms with E-state index in [9.17, 15) is 0 Å². The minimum atomic E-state index is 0. The van der Waals surface area contributed by atoms with Crippen molar-refractivity contribution in [3.63, 3.8) is 0 Å². The Morgan fingerprint density at radius 2 is 2.00 bits per heavy atom. The Bertz CT molecular complexity index is 277. The van der Waals surface area contributed by atoms with Crippen molar-refractivity contribution in [3.8, 4) is 0 Å². The lowest BCUT2D eigenvalue weighted by Crippen LogP contribution is -2.41. The molecular formula is C10H18Br2N4. The molecule has 0 amide bonds. The van der Waals surface area contributed by atoms with Gasteiger partial charge in [0.15, 0.2) is 5.82 Å². The highest BCUT2D eigenvalue weighted by atomic mass is 79.9. The molecule has 0 spiro atoms. The largest absolute Gasteiger partial charge is 0.355 e. The third kappa shape index (κ3) is 3.99. The SMILES string of the molecule is Br.Br.CN(c1cccnn1)C1CCNCC1. The predicted molar refractivity (Wildman–Crippen MR) is 77.0 cm³/mol. The molecule has 0 atom stereocenters. The lowest BCUT2D eigenvalue weighted by atomic mass is 10.1. The van der Waals surface area contributed by atoms with E-state index in [1.807, 2.05) is 12.1 Å². The summed E-state index contributed by atoms with van der Waals surface area (Å²) in [7, 11) is 2.10. The lowest BCUT2D eigenvalue weighted by molar-refractivity contribution is 0.441. The van der Waals surface area contributed by atoms with Gasteiger partial charge in [-0.05, 0) is 38.1 Å². The Kier molecular flexibility index (Phi) is 7.87. The van der Waals surface area contributed by atoms with Gasteiger partial charge >= 0.3 is 0 Å². The summed E-state index contributed by atoms with van der Waals surface area (Å²) in [5.74, 6) is 0.972. The quantitative estimate of drug-likeness (QED) is 0.880. The predicted octanol–water partition coefficient (Wildman–Crippen LogP) is 1.82. The number of nitrogens with zero attached hydrogens (tertiary/aromatic N) is 3. The summed E-state index contributed by atoms with van der Waals surface area (Å²) in [6.07, 6.45) is 4.08. The Morgan fingerprint density at radius 3 is 2.56 bits per heavy atom. The average Bonchev–Trinajstić information content (AvgIpc) is 2.30. The third-order valence-electron chi connectivity index (χ3n) is 2.78. The molecular weight excluding hydrogens is 336 g/mol. The van der Waals surface area contributed by atoms with Crippen LogP contribution in [0.3, 0.4) is 0 Å². The summed E-state index contributed by atoms with van der Waals surface area (Å²) in [5.41, 5.74) is 0. The molecule has 0 unspecified atom stereocenters. The molecule has 2 rings (SSSR count). The molecule has 1 N–H and O–H groups in total. The van der Waals surface area contributed by atoms with E-state index in [-0.39, 0.29) is 34.0 Å². The van der Waals surface area contributed by atoms with Crippen LogP contribution in [0.25, 0.3) is 0 Å². The van der Waals surface area contributed by atoms with Gasteiger partial charge in [-0.1, -0.05) is 0 Å². The summed E-state index contributed by atoms with van der Waals surface area (Å²) >= 11 is 0. The van der Waals surface area contributed by atoms with Gasteiger partial charge < -0.3 is 10.2 Å². The average molecular weight is 354 g/mol. The molecule has 0 bridgehead atoms. The number of anilines is 1. The molecule has 1 fully saturated rings. The molecule has 4 nitrogen and oxygen atoms in total. The maximum absolute atomic E-state index is 4.11. The van der Waals surface area contributed by atoms with E-state index in [2.05, 4.69) is 27.5 Å². The van der Waals surface area contributed by atoms with Gasteiger partial charge in [-0.15, -0.1) is 39.1 Å². The van der Waals surface area contributed by atoms with E-state index in [0.29, 0.717) is 6.04 Å². The normalized spacial score (nSPS) is 15.8. The minimum absolute atomic E-state index is 0. The maximum atomic E-state index is 4.11. The molecule has 0 saturated carbocycles. The van der Waals surface area contributed by atoms with E-state index >= 15 is 0 Å². The molecule has 1 saturated heterocycles. The van der Waals surface area contributed by atoms with Crippen molar-refractivity contribution >= 4 is 39.8 Å². The second-order valence-electron chi connectivity index (χ2n) is 3.67. The van der Waals surface area contributed by atoms with Gasteiger partial charge in [0, 0.05) is 19.3 Å². The molecule has 0 aromatic carbocycles. The van der Waals surface area contributed by atoms with Crippen molar-refractivity contribution in [2.45, 2.75) is 18.9 Å². The second-order valence-corrected chi connectivity index (χ2v) is 3.67. The van der Waals surface area contributed by atoms with Gasteiger partial charge in [-0.2, -0.15) is 5.10 Å². The molecule has 16 heavy (non-hydrogen) atoms. The van der Waals surface area contributed by atoms with E-state index in [1.165, 1.54) is 12.8 Å². The Labute approximate surface area is 117 Å². The number of piperidine rings is 1. The highest BCUT2D eigenvalue weighted by molar-refractivity contribution is 8.93. The highest BCUT2D eigenvalue weighted by Gasteiger charge is 2.18. The Hall–Kier alpha value is -0.200. The highest BCUT2D eigenvalue weighted by Crippen LogP contribution is 2.16.